The van der Waals surface area contributed by atoms with E-state index in [-0.39, 0.29) is 0 Å². The third kappa shape index (κ3) is 3.80. The van der Waals surface area contributed by atoms with Gasteiger partial charge in [-0.15, -0.1) is 28.7 Å². The smallest absolute Gasteiger partial charge is 0.205 e. The Hall–Kier alpha value is -3.44. The molecule has 4 aromatic rings. The fourth-order valence-corrected chi connectivity index (χ4v) is 3.19. The maximum atomic E-state index is 4.36. The van der Waals surface area contributed by atoms with E-state index in [2.05, 4.69) is 85.5 Å². The Morgan fingerprint density at radius 2 is 1.86 bits per heavy atom. The lowest BCUT2D eigenvalue weighted by atomic mass is 9.98. The first-order valence-corrected chi connectivity index (χ1v) is 9.14. The van der Waals surface area contributed by atoms with Gasteiger partial charge in [0.05, 0.1) is 13.0 Å². The summed E-state index contributed by atoms with van der Waals surface area (Å²) in [7, 11) is 0. The van der Waals surface area contributed by atoms with Crippen molar-refractivity contribution in [2.24, 2.45) is 0 Å². The SMILES string of the molecule is CC#CCc1nc(S)nn1Cc1ccc(-c2ccccc2-c2nnn[nH]2)cc1. The molecule has 0 aliphatic rings. The zero-order valence-electron chi connectivity index (χ0n) is 15.2. The zero-order valence-corrected chi connectivity index (χ0v) is 16.1. The Balaban J connectivity index is 1.60. The highest BCUT2D eigenvalue weighted by atomic mass is 32.1. The molecule has 4 rings (SSSR count). The number of tetrazole rings is 1. The van der Waals surface area contributed by atoms with E-state index in [4.69, 9.17) is 0 Å². The fourth-order valence-electron chi connectivity index (χ4n) is 2.96. The van der Waals surface area contributed by atoms with Crippen LogP contribution in [0.25, 0.3) is 22.5 Å². The van der Waals surface area contributed by atoms with Gasteiger partial charge < -0.3 is 0 Å². The number of hydrogen-bond donors (Lipinski definition) is 2. The first kappa shape index (κ1) is 17.9. The van der Waals surface area contributed by atoms with E-state index in [0.717, 1.165) is 28.1 Å². The molecular formula is C20H17N7S. The van der Waals surface area contributed by atoms with Gasteiger partial charge in [0.1, 0.15) is 5.82 Å². The van der Waals surface area contributed by atoms with E-state index < -0.39 is 0 Å². The first-order valence-electron chi connectivity index (χ1n) is 8.69. The molecule has 2 heterocycles. The lowest BCUT2D eigenvalue weighted by molar-refractivity contribution is 0.640. The quantitative estimate of drug-likeness (QED) is 0.406. The Morgan fingerprint density at radius 3 is 2.57 bits per heavy atom. The number of nitrogens with one attached hydrogen (secondary N) is 1. The van der Waals surface area contributed by atoms with Gasteiger partial charge >= 0.3 is 0 Å². The third-order valence-electron chi connectivity index (χ3n) is 4.29. The van der Waals surface area contributed by atoms with Gasteiger partial charge in [-0.3, -0.25) is 0 Å². The van der Waals surface area contributed by atoms with Crippen LogP contribution in [0.5, 0.6) is 0 Å². The Morgan fingerprint density at radius 1 is 1.07 bits per heavy atom. The molecule has 0 saturated carbocycles. The van der Waals surface area contributed by atoms with Gasteiger partial charge in [-0.2, -0.15) is 0 Å². The van der Waals surface area contributed by atoms with Crippen LogP contribution in [0.3, 0.4) is 0 Å². The van der Waals surface area contributed by atoms with Crippen molar-refractivity contribution in [3.05, 3.63) is 59.9 Å². The summed E-state index contributed by atoms with van der Waals surface area (Å²) >= 11 is 4.26. The van der Waals surface area contributed by atoms with E-state index in [1.807, 2.05) is 29.8 Å². The van der Waals surface area contributed by atoms with Crippen LogP contribution in [0.2, 0.25) is 0 Å². The van der Waals surface area contributed by atoms with Crippen LogP contribution < -0.4 is 0 Å². The molecule has 0 radical (unpaired) electrons. The normalized spacial score (nSPS) is 10.5. The summed E-state index contributed by atoms with van der Waals surface area (Å²) in [6.45, 7) is 2.43. The van der Waals surface area contributed by atoms with Crippen molar-refractivity contribution in [1.29, 1.82) is 0 Å². The number of aromatic amines is 1. The summed E-state index contributed by atoms with van der Waals surface area (Å²) in [6, 6.07) is 16.4. The highest BCUT2D eigenvalue weighted by Gasteiger charge is 2.11. The van der Waals surface area contributed by atoms with Gasteiger partial charge in [0.15, 0.2) is 5.82 Å². The second-order valence-electron chi connectivity index (χ2n) is 6.08. The van der Waals surface area contributed by atoms with Crippen molar-refractivity contribution in [3.63, 3.8) is 0 Å². The Bertz CT molecular complexity index is 1140. The number of thiol groups is 1. The van der Waals surface area contributed by atoms with Crippen molar-refractivity contribution in [1.82, 2.24) is 35.4 Å². The van der Waals surface area contributed by atoms with Crippen LogP contribution >= 0.6 is 12.6 Å². The van der Waals surface area contributed by atoms with E-state index in [0.29, 0.717) is 23.9 Å². The Labute approximate surface area is 167 Å². The van der Waals surface area contributed by atoms with E-state index in [1.54, 1.807) is 0 Å². The average Bonchev–Trinajstić information content (AvgIpc) is 3.37. The number of nitrogens with zero attached hydrogens (tertiary/aromatic N) is 6. The second-order valence-corrected chi connectivity index (χ2v) is 6.48. The topological polar surface area (TPSA) is 85.2 Å². The first-order chi connectivity index (χ1) is 13.7. The zero-order chi connectivity index (χ0) is 19.3. The molecule has 8 heteroatoms. The summed E-state index contributed by atoms with van der Waals surface area (Å²) in [4.78, 5) is 4.34. The van der Waals surface area contributed by atoms with Crippen LogP contribution in [0.4, 0.5) is 0 Å². The van der Waals surface area contributed by atoms with Crippen LogP contribution in [0, 0.1) is 11.8 Å². The molecule has 0 spiro atoms. The predicted molar refractivity (Wildman–Crippen MR) is 109 cm³/mol. The number of rotatable bonds is 5. The second kappa shape index (κ2) is 8.06. The third-order valence-corrected chi connectivity index (χ3v) is 4.47. The molecule has 0 fully saturated rings. The number of aromatic nitrogens is 7. The van der Waals surface area contributed by atoms with Gasteiger partial charge in [-0.1, -0.05) is 54.5 Å². The van der Waals surface area contributed by atoms with E-state index in [9.17, 15) is 0 Å². The fraction of sp³-hybridized carbons (Fsp3) is 0.150. The van der Waals surface area contributed by atoms with Gasteiger partial charge in [0.25, 0.3) is 0 Å². The molecule has 0 saturated heterocycles. The van der Waals surface area contributed by atoms with Gasteiger partial charge in [-0.25, -0.2) is 14.8 Å². The highest BCUT2D eigenvalue weighted by molar-refractivity contribution is 7.80. The minimum absolute atomic E-state index is 0.458. The molecule has 0 atom stereocenters. The summed E-state index contributed by atoms with van der Waals surface area (Å²) in [5, 5.41) is 19.0. The number of H-pyrrole nitrogens is 1. The standard InChI is InChI=1S/C20H17N7S/c1-2-3-8-18-21-20(28)24-27(18)13-14-9-11-15(12-10-14)16-6-4-5-7-17(16)19-22-25-26-23-19/h4-7,9-12H,8,13H2,1H3,(H,24,28)(H,22,23,25,26). The van der Waals surface area contributed by atoms with Gasteiger partial charge in [0, 0.05) is 5.56 Å². The maximum Gasteiger partial charge on any atom is 0.205 e. The van der Waals surface area contributed by atoms with Crippen molar-refractivity contribution in [2.75, 3.05) is 0 Å². The van der Waals surface area contributed by atoms with Crippen LogP contribution in [0.15, 0.2) is 53.7 Å². The minimum atomic E-state index is 0.458. The average molecular weight is 387 g/mol. The monoisotopic (exact) mass is 387 g/mol. The van der Waals surface area contributed by atoms with Crippen LogP contribution in [0.1, 0.15) is 18.3 Å². The number of benzene rings is 2. The van der Waals surface area contributed by atoms with E-state index in [1.165, 1.54) is 0 Å². The minimum Gasteiger partial charge on any atom is -0.243 e. The summed E-state index contributed by atoms with van der Waals surface area (Å²) in [6.07, 6.45) is 0.556. The van der Waals surface area contributed by atoms with Crippen LogP contribution in [-0.4, -0.2) is 35.4 Å². The number of hydrogen-bond acceptors (Lipinski definition) is 6. The van der Waals surface area contributed by atoms with Crippen molar-refractivity contribution < 1.29 is 0 Å². The summed E-state index contributed by atoms with van der Waals surface area (Å²) in [5.74, 6) is 7.37. The van der Waals surface area contributed by atoms with Crippen molar-refractivity contribution in [2.45, 2.75) is 25.0 Å². The molecule has 0 amide bonds. The maximum absolute atomic E-state index is 4.36. The molecule has 2 aromatic heterocycles. The molecule has 2 aromatic carbocycles. The lowest BCUT2D eigenvalue weighted by Gasteiger charge is -2.09. The largest absolute Gasteiger partial charge is 0.243 e. The van der Waals surface area contributed by atoms with Crippen LogP contribution in [-0.2, 0) is 13.0 Å². The van der Waals surface area contributed by atoms with E-state index >= 15 is 0 Å². The molecule has 0 unspecified atom stereocenters. The molecule has 0 aliphatic carbocycles. The molecular weight excluding hydrogens is 370 g/mol. The molecule has 138 valence electrons. The van der Waals surface area contributed by atoms with Gasteiger partial charge in [0.2, 0.25) is 5.16 Å². The van der Waals surface area contributed by atoms with Crippen molar-refractivity contribution >= 4 is 12.6 Å². The predicted octanol–water partition coefficient (Wildman–Crippen LogP) is 3.03. The Kier molecular flexibility index (Phi) is 5.17. The summed E-state index contributed by atoms with van der Waals surface area (Å²) in [5.41, 5.74) is 4.22. The lowest BCUT2D eigenvalue weighted by Crippen LogP contribution is -2.06. The van der Waals surface area contributed by atoms with Crippen molar-refractivity contribution in [3.8, 4) is 34.4 Å². The van der Waals surface area contributed by atoms with Gasteiger partial charge in [-0.05, 0) is 34.0 Å². The molecule has 0 aliphatic heterocycles. The molecule has 0 bridgehead atoms. The summed E-state index contributed by atoms with van der Waals surface area (Å²) < 4.78 is 1.84. The molecule has 1 N–H and O–H groups in total. The molecule has 7 nitrogen and oxygen atoms in total. The molecule has 28 heavy (non-hydrogen) atoms. The highest BCUT2D eigenvalue weighted by Crippen LogP contribution is 2.29.